The van der Waals surface area contributed by atoms with Crippen LogP contribution in [0.25, 0.3) is 32.3 Å². The smallest absolute Gasteiger partial charge is 0.668 e. The Morgan fingerprint density at radius 2 is 1.25 bits per heavy atom. The van der Waals surface area contributed by atoms with Crippen LogP contribution in [0.5, 0.6) is 5.75 Å². The Morgan fingerprint density at radius 3 is 1.83 bits per heavy atom. The van der Waals surface area contributed by atoms with E-state index >= 15 is 0 Å². The van der Waals surface area contributed by atoms with E-state index in [1.807, 2.05) is 50.2 Å². The molecule has 0 aliphatic carbocycles. The minimum atomic E-state index is 0. The van der Waals surface area contributed by atoms with E-state index in [1.54, 1.807) is 28.2 Å². The number of hydrogen-bond donors (Lipinski definition) is 1. The number of aromatic nitrogens is 1. The van der Waals surface area contributed by atoms with Crippen molar-refractivity contribution in [1.29, 1.82) is 0 Å². The number of aryl methyl sites for hydroxylation is 2. The minimum absolute atomic E-state index is 0. The topological polar surface area (TPSA) is 61.3 Å². The van der Waals surface area contributed by atoms with E-state index in [2.05, 4.69) is 15.6 Å². The zero-order chi connectivity index (χ0) is 17.4. The first-order valence-electron chi connectivity index (χ1n) is 7.44. The van der Waals surface area contributed by atoms with Crippen molar-refractivity contribution in [2.75, 3.05) is 28.2 Å². The summed E-state index contributed by atoms with van der Waals surface area (Å²) in [6.45, 7) is 3.87. The van der Waals surface area contributed by atoms with Gasteiger partial charge in [0.15, 0.2) is 0 Å². The summed E-state index contributed by atoms with van der Waals surface area (Å²) in [6.07, 6.45) is 0. The van der Waals surface area contributed by atoms with Gasteiger partial charge in [-0.1, -0.05) is 30.3 Å². The Balaban J connectivity index is 0.000000668. The van der Waals surface area contributed by atoms with E-state index in [-0.39, 0.29) is 21.7 Å². The molecule has 4 nitrogen and oxygen atoms in total. The van der Waals surface area contributed by atoms with Crippen LogP contribution in [0.3, 0.4) is 0 Å². The van der Waals surface area contributed by atoms with Crippen molar-refractivity contribution >= 4 is 21.7 Å². The average molecular weight is 359 g/mol. The maximum Gasteiger partial charge on any atom is 2.00 e. The number of phenolic OH excluding ortho intramolecular Hbond substituents is 1. The molecule has 3 aromatic rings. The van der Waals surface area contributed by atoms with Gasteiger partial charge in [-0.3, -0.25) is 4.98 Å². The van der Waals surface area contributed by atoms with Crippen molar-refractivity contribution in [2.24, 2.45) is 0 Å². The first-order valence-corrected chi connectivity index (χ1v) is 7.44. The number of aromatic hydroxyl groups is 1. The van der Waals surface area contributed by atoms with Gasteiger partial charge in [0, 0.05) is 11.1 Å². The van der Waals surface area contributed by atoms with E-state index in [4.69, 9.17) is 0 Å². The quantitative estimate of drug-likeness (QED) is 0.456. The van der Waals surface area contributed by atoms with Crippen LogP contribution in [0.2, 0.25) is 0 Å². The number of hydrogen-bond acceptors (Lipinski definition) is 2. The van der Waals surface area contributed by atoms with Crippen LogP contribution in [0.15, 0.2) is 36.4 Å². The number of phenols is 1. The van der Waals surface area contributed by atoms with E-state index in [0.717, 1.165) is 32.9 Å². The summed E-state index contributed by atoms with van der Waals surface area (Å²) in [5.74, 6) is 0.339. The molecule has 0 saturated heterocycles. The SMILES string of the molecule is C[N-]C.C[N-]C.Cc1ccc2ccc3ccc(C)c(O)c3c2n1.[Ti+2]. The van der Waals surface area contributed by atoms with E-state index < -0.39 is 0 Å². The molecule has 0 aliphatic heterocycles. The van der Waals surface area contributed by atoms with Gasteiger partial charge in [-0.25, -0.2) is 0 Å². The van der Waals surface area contributed by atoms with E-state index in [0.29, 0.717) is 5.75 Å². The maximum absolute atomic E-state index is 10.2. The molecule has 0 amide bonds. The van der Waals surface area contributed by atoms with Crippen molar-refractivity contribution in [2.45, 2.75) is 13.8 Å². The fourth-order valence-electron chi connectivity index (χ4n) is 2.18. The Bertz CT molecular complexity index is 773. The summed E-state index contributed by atoms with van der Waals surface area (Å²) in [7, 11) is 7.00. The molecule has 0 saturated carbocycles. The Kier molecular flexibility index (Phi) is 10.5. The number of nitrogens with zero attached hydrogens (tertiary/aromatic N) is 3. The predicted molar refractivity (Wildman–Crippen MR) is 101 cm³/mol. The fourth-order valence-corrected chi connectivity index (χ4v) is 2.18. The maximum atomic E-state index is 10.2. The third-order valence-corrected chi connectivity index (χ3v) is 3.16. The van der Waals surface area contributed by atoms with Gasteiger partial charge in [0.25, 0.3) is 0 Å². The second-order valence-corrected chi connectivity index (χ2v) is 5.31. The van der Waals surface area contributed by atoms with Crippen molar-refractivity contribution in [3.8, 4) is 5.75 Å². The van der Waals surface area contributed by atoms with E-state index in [9.17, 15) is 5.11 Å². The zero-order valence-electron chi connectivity index (χ0n) is 15.3. The molecule has 2 aromatic carbocycles. The standard InChI is InChI=1S/C15H13NO.2C2H6N.Ti/c1-9-3-5-11-7-8-12-6-4-10(2)16-14(12)13(11)15(9)17;2*1-3-2;/h3-8,17H,1-2H3;2*1-2H3;/q;2*-1;+2. The van der Waals surface area contributed by atoms with E-state index in [1.165, 1.54) is 0 Å². The molecule has 24 heavy (non-hydrogen) atoms. The molecule has 5 heteroatoms. The third-order valence-electron chi connectivity index (χ3n) is 3.16. The van der Waals surface area contributed by atoms with Crippen LogP contribution in [0, 0.1) is 13.8 Å². The number of benzene rings is 2. The molecule has 3 rings (SSSR count). The van der Waals surface area contributed by atoms with Crippen LogP contribution in [0.4, 0.5) is 0 Å². The summed E-state index contributed by atoms with van der Waals surface area (Å²) in [4.78, 5) is 4.55. The predicted octanol–water partition coefficient (Wildman–Crippen LogP) is 4.95. The molecule has 0 unspecified atom stereocenters. The fraction of sp³-hybridized carbons (Fsp3) is 0.316. The minimum Gasteiger partial charge on any atom is -0.668 e. The molecule has 0 aliphatic rings. The number of rotatable bonds is 0. The van der Waals surface area contributed by atoms with Crippen LogP contribution in [-0.2, 0) is 21.7 Å². The van der Waals surface area contributed by atoms with Gasteiger partial charge in [-0.05, 0) is 30.9 Å². The molecular weight excluding hydrogens is 334 g/mol. The van der Waals surface area contributed by atoms with Gasteiger partial charge >= 0.3 is 21.7 Å². The van der Waals surface area contributed by atoms with Gasteiger partial charge in [-0.15, -0.1) is 0 Å². The largest absolute Gasteiger partial charge is 2.00 e. The molecule has 0 fully saturated rings. The second kappa shape index (κ2) is 11.2. The Hall–Kier alpha value is -1.46. The molecule has 0 atom stereocenters. The third kappa shape index (κ3) is 5.57. The van der Waals surface area contributed by atoms with Crippen molar-refractivity contribution in [3.63, 3.8) is 0 Å². The summed E-state index contributed by atoms with van der Waals surface area (Å²) in [5, 5.41) is 20.1. The van der Waals surface area contributed by atoms with Gasteiger partial charge in [0.05, 0.1) is 10.9 Å². The Morgan fingerprint density at radius 1 is 0.792 bits per heavy atom. The van der Waals surface area contributed by atoms with Crippen LogP contribution >= 0.6 is 0 Å². The first-order chi connectivity index (χ1) is 11.0. The van der Waals surface area contributed by atoms with Gasteiger partial charge in [0.1, 0.15) is 5.75 Å². The Labute approximate surface area is 159 Å². The zero-order valence-corrected chi connectivity index (χ0v) is 16.8. The van der Waals surface area contributed by atoms with Crippen LogP contribution in [0.1, 0.15) is 11.3 Å². The summed E-state index contributed by atoms with van der Waals surface area (Å²) in [6, 6.07) is 12.0. The molecule has 1 N–H and O–H groups in total. The average Bonchev–Trinajstić information content (AvgIpc) is 2.52. The molecule has 0 radical (unpaired) electrons. The molecule has 126 valence electrons. The molecule has 0 bridgehead atoms. The monoisotopic (exact) mass is 359 g/mol. The normalized spacial score (nSPS) is 9.42. The van der Waals surface area contributed by atoms with Gasteiger partial charge in [-0.2, -0.15) is 28.2 Å². The molecule has 1 aromatic heterocycles. The molecular formula is C19H25N3OTi. The van der Waals surface area contributed by atoms with Gasteiger partial charge in [0.2, 0.25) is 0 Å². The van der Waals surface area contributed by atoms with Gasteiger partial charge < -0.3 is 15.7 Å². The van der Waals surface area contributed by atoms with Crippen LogP contribution in [-0.4, -0.2) is 38.3 Å². The number of pyridine rings is 1. The van der Waals surface area contributed by atoms with Crippen molar-refractivity contribution in [3.05, 3.63) is 58.3 Å². The summed E-state index contributed by atoms with van der Waals surface area (Å²) >= 11 is 0. The molecule has 0 spiro atoms. The van der Waals surface area contributed by atoms with Crippen molar-refractivity contribution in [1.82, 2.24) is 4.98 Å². The first kappa shape index (κ1) is 22.5. The second-order valence-electron chi connectivity index (χ2n) is 5.31. The summed E-state index contributed by atoms with van der Waals surface area (Å²) in [5.41, 5.74) is 2.72. The number of fused-ring (bicyclic) bond motifs is 3. The van der Waals surface area contributed by atoms with Crippen molar-refractivity contribution < 1.29 is 26.8 Å². The molecule has 1 heterocycles. The van der Waals surface area contributed by atoms with Crippen LogP contribution < -0.4 is 0 Å². The summed E-state index contributed by atoms with van der Waals surface area (Å²) < 4.78 is 0.